The minimum absolute atomic E-state index is 0.102. The van der Waals surface area contributed by atoms with E-state index in [2.05, 4.69) is 4.74 Å². The van der Waals surface area contributed by atoms with Crippen LogP contribution in [0, 0.1) is 0 Å². The second-order valence-electron chi connectivity index (χ2n) is 3.42. The molecule has 0 aliphatic carbocycles. The molecule has 1 amide bonds. The first kappa shape index (κ1) is 13.2. The van der Waals surface area contributed by atoms with Gasteiger partial charge in [-0.1, -0.05) is 0 Å². The molecule has 7 nitrogen and oxygen atoms in total. The number of rotatable bonds is 4. The summed E-state index contributed by atoms with van der Waals surface area (Å²) < 4.78 is 30.7. The number of ether oxygens (including phenoxy) is 1. The van der Waals surface area contributed by atoms with E-state index in [1.165, 1.54) is 0 Å². The Balaban J connectivity index is 2.66. The van der Waals surface area contributed by atoms with Crippen LogP contribution in [-0.4, -0.2) is 49.7 Å². The van der Waals surface area contributed by atoms with E-state index in [0.717, 1.165) is 4.31 Å². The molecule has 0 saturated carbocycles. The smallest absolute Gasteiger partial charge is 0.421 e. The van der Waals surface area contributed by atoms with Crippen molar-refractivity contribution in [3.8, 4) is 0 Å². The molecule has 1 heterocycles. The van der Waals surface area contributed by atoms with Crippen LogP contribution in [0.3, 0.4) is 0 Å². The zero-order chi connectivity index (χ0) is 12.2. The summed E-state index contributed by atoms with van der Waals surface area (Å²) >= 11 is 0. The lowest BCUT2D eigenvalue weighted by molar-refractivity contribution is 0.157. The van der Waals surface area contributed by atoms with E-state index < -0.39 is 22.3 Å². The highest BCUT2D eigenvalue weighted by molar-refractivity contribution is 7.87. The van der Waals surface area contributed by atoms with Gasteiger partial charge in [0.1, 0.15) is 0 Å². The number of hydrogen-bond donors (Lipinski definition) is 2. The van der Waals surface area contributed by atoms with Gasteiger partial charge in [-0.15, -0.1) is 0 Å². The first-order chi connectivity index (χ1) is 7.51. The molecule has 0 bridgehead atoms. The molecule has 8 heteroatoms. The molecule has 0 radical (unpaired) electrons. The van der Waals surface area contributed by atoms with Crippen LogP contribution in [0.4, 0.5) is 4.79 Å². The molecule has 1 atom stereocenters. The zero-order valence-electron chi connectivity index (χ0n) is 9.05. The molecule has 94 valence electrons. The van der Waals surface area contributed by atoms with Gasteiger partial charge in [-0.3, -0.25) is 0 Å². The Kier molecular flexibility index (Phi) is 4.51. The summed E-state index contributed by atoms with van der Waals surface area (Å²) in [6, 6.07) is -0.452. The van der Waals surface area contributed by atoms with Crippen molar-refractivity contribution in [2.24, 2.45) is 0 Å². The number of hydrogen-bond acceptors (Lipinski definition) is 5. The van der Waals surface area contributed by atoms with Crippen LogP contribution in [0.5, 0.6) is 0 Å². The number of carbonyl (C=O) groups excluding carboxylic acids is 1. The third-order valence-electron chi connectivity index (χ3n) is 2.33. The molecule has 0 aromatic heterocycles. The Morgan fingerprint density at radius 1 is 1.62 bits per heavy atom. The minimum Gasteiger partial charge on any atom is -0.449 e. The van der Waals surface area contributed by atoms with Crippen LogP contribution < -0.4 is 4.72 Å². The average Bonchev–Trinajstić information content (AvgIpc) is 2.65. The molecule has 0 aromatic carbocycles. The Morgan fingerprint density at radius 3 is 2.88 bits per heavy atom. The number of nitrogens with one attached hydrogen (secondary N) is 1. The maximum absolute atomic E-state index is 11.7. The summed E-state index contributed by atoms with van der Waals surface area (Å²) in [6.45, 7) is 1.74. The quantitative estimate of drug-likeness (QED) is 0.698. The normalized spacial score (nSPS) is 22.0. The average molecular weight is 252 g/mol. The van der Waals surface area contributed by atoms with Crippen molar-refractivity contribution in [1.29, 1.82) is 0 Å². The lowest BCUT2D eigenvalue weighted by Crippen LogP contribution is -2.46. The van der Waals surface area contributed by atoms with Gasteiger partial charge in [0.25, 0.3) is 0 Å². The molecule has 1 aliphatic heterocycles. The van der Waals surface area contributed by atoms with Gasteiger partial charge in [0.15, 0.2) is 0 Å². The fraction of sp³-hybridized carbons (Fsp3) is 0.875. The minimum atomic E-state index is -3.89. The molecule has 0 spiro atoms. The topological polar surface area (TPSA) is 95.9 Å². The number of carbonyl (C=O) groups is 1. The van der Waals surface area contributed by atoms with E-state index in [9.17, 15) is 13.2 Å². The van der Waals surface area contributed by atoms with Crippen molar-refractivity contribution >= 4 is 16.3 Å². The Hall–Kier alpha value is -0.860. The maximum Gasteiger partial charge on any atom is 0.421 e. The standard InChI is InChI=1S/C8H16N2O5S/c1-2-15-8(12)9-16(13,14)10-5-3-4-7(10)6-11/h7,11H,2-6H2,1H3,(H,9,12)/t7-/m0/s1. The van der Waals surface area contributed by atoms with Crippen LogP contribution in [0.1, 0.15) is 19.8 Å². The van der Waals surface area contributed by atoms with Crippen LogP contribution in [0.15, 0.2) is 0 Å². The van der Waals surface area contributed by atoms with Crippen LogP contribution in [0.2, 0.25) is 0 Å². The summed E-state index contributed by atoms with van der Waals surface area (Å²) in [6.07, 6.45) is 0.279. The largest absolute Gasteiger partial charge is 0.449 e. The van der Waals surface area contributed by atoms with E-state index in [4.69, 9.17) is 5.11 Å². The summed E-state index contributed by atoms with van der Waals surface area (Å²) in [5.41, 5.74) is 0. The first-order valence-electron chi connectivity index (χ1n) is 5.08. The second kappa shape index (κ2) is 5.46. The van der Waals surface area contributed by atoms with Gasteiger partial charge < -0.3 is 9.84 Å². The lowest BCUT2D eigenvalue weighted by atomic mass is 10.2. The Labute approximate surface area is 94.6 Å². The zero-order valence-corrected chi connectivity index (χ0v) is 9.87. The molecule has 16 heavy (non-hydrogen) atoms. The van der Waals surface area contributed by atoms with Crippen LogP contribution in [0.25, 0.3) is 0 Å². The van der Waals surface area contributed by atoms with Crippen LogP contribution >= 0.6 is 0 Å². The van der Waals surface area contributed by atoms with Crippen LogP contribution in [-0.2, 0) is 14.9 Å². The van der Waals surface area contributed by atoms with Crippen molar-refractivity contribution in [2.45, 2.75) is 25.8 Å². The number of nitrogens with zero attached hydrogens (tertiary/aromatic N) is 1. The van der Waals surface area contributed by atoms with Gasteiger partial charge in [0, 0.05) is 12.6 Å². The van der Waals surface area contributed by atoms with E-state index in [0.29, 0.717) is 19.4 Å². The van der Waals surface area contributed by atoms with Gasteiger partial charge in [-0.2, -0.15) is 12.7 Å². The molecule has 1 aliphatic rings. The molecule has 1 fully saturated rings. The molecular formula is C8H16N2O5S. The maximum atomic E-state index is 11.7. The SMILES string of the molecule is CCOC(=O)NS(=O)(=O)N1CCC[C@H]1CO. The van der Waals surface area contributed by atoms with Crippen molar-refractivity contribution in [3.05, 3.63) is 0 Å². The van der Waals surface area contributed by atoms with Crippen molar-refractivity contribution in [3.63, 3.8) is 0 Å². The first-order valence-corrected chi connectivity index (χ1v) is 6.52. The number of aliphatic hydroxyl groups excluding tert-OH is 1. The van der Waals surface area contributed by atoms with Gasteiger partial charge in [0.2, 0.25) is 0 Å². The van der Waals surface area contributed by atoms with Gasteiger partial charge >= 0.3 is 16.3 Å². The third kappa shape index (κ3) is 3.06. The van der Waals surface area contributed by atoms with E-state index in [1.54, 1.807) is 11.6 Å². The number of aliphatic hydroxyl groups is 1. The van der Waals surface area contributed by atoms with Gasteiger partial charge in [0.05, 0.1) is 13.2 Å². The summed E-state index contributed by atoms with van der Waals surface area (Å²) in [5.74, 6) is 0. The Morgan fingerprint density at radius 2 is 2.31 bits per heavy atom. The van der Waals surface area contributed by atoms with Crippen molar-refractivity contribution in [1.82, 2.24) is 9.03 Å². The highest BCUT2D eigenvalue weighted by Crippen LogP contribution is 2.19. The fourth-order valence-electron chi connectivity index (χ4n) is 1.63. The number of amides is 1. The second-order valence-corrected chi connectivity index (χ2v) is 5.04. The predicted octanol–water partition coefficient (Wildman–Crippen LogP) is -0.566. The molecular weight excluding hydrogens is 236 g/mol. The third-order valence-corrected chi connectivity index (χ3v) is 3.85. The highest BCUT2D eigenvalue weighted by atomic mass is 32.2. The summed E-state index contributed by atoms with van der Waals surface area (Å²) in [7, 11) is -3.89. The summed E-state index contributed by atoms with van der Waals surface area (Å²) in [5, 5.41) is 8.99. The van der Waals surface area contributed by atoms with E-state index in [1.807, 2.05) is 0 Å². The molecule has 0 aromatic rings. The predicted molar refractivity (Wildman–Crippen MR) is 55.9 cm³/mol. The van der Waals surface area contributed by atoms with Crippen molar-refractivity contribution < 1.29 is 23.1 Å². The monoisotopic (exact) mass is 252 g/mol. The van der Waals surface area contributed by atoms with Gasteiger partial charge in [-0.25, -0.2) is 9.52 Å². The lowest BCUT2D eigenvalue weighted by Gasteiger charge is -2.21. The summed E-state index contributed by atoms with van der Waals surface area (Å²) in [4.78, 5) is 11.0. The fourth-order valence-corrected chi connectivity index (χ4v) is 2.95. The van der Waals surface area contributed by atoms with Gasteiger partial charge in [-0.05, 0) is 19.8 Å². The van der Waals surface area contributed by atoms with E-state index in [-0.39, 0.29) is 13.2 Å². The molecule has 0 unspecified atom stereocenters. The molecule has 2 N–H and O–H groups in total. The Bertz CT molecular complexity index is 342. The molecule has 1 rings (SSSR count). The van der Waals surface area contributed by atoms with Crippen molar-refractivity contribution in [2.75, 3.05) is 19.8 Å². The van der Waals surface area contributed by atoms with E-state index >= 15 is 0 Å². The highest BCUT2D eigenvalue weighted by Gasteiger charge is 2.34. The molecule has 1 saturated heterocycles.